The van der Waals surface area contributed by atoms with Crippen molar-refractivity contribution in [2.75, 3.05) is 37.6 Å². The molecule has 0 aliphatic carbocycles. The first-order valence-corrected chi connectivity index (χ1v) is 9.25. The van der Waals surface area contributed by atoms with Crippen LogP contribution >= 0.6 is 0 Å². The predicted molar refractivity (Wildman–Crippen MR) is 107 cm³/mol. The molecule has 2 heterocycles. The molecule has 4 rings (SSSR count). The second-order valence-electron chi connectivity index (χ2n) is 6.87. The lowest BCUT2D eigenvalue weighted by Crippen LogP contribution is -2.47. The van der Waals surface area contributed by atoms with Crippen LogP contribution in [0, 0.1) is 10.1 Å². The molecule has 1 saturated heterocycles. The number of anilines is 1. The van der Waals surface area contributed by atoms with Gasteiger partial charge in [-0.05, 0) is 30.2 Å². The highest BCUT2D eigenvalue weighted by Gasteiger charge is 2.18. The third kappa shape index (κ3) is 4.06. The summed E-state index contributed by atoms with van der Waals surface area (Å²) >= 11 is 0. The minimum absolute atomic E-state index is 0.101. The maximum Gasteiger partial charge on any atom is 0.270 e. The van der Waals surface area contributed by atoms with Crippen LogP contribution in [0.2, 0.25) is 0 Å². The van der Waals surface area contributed by atoms with Crippen molar-refractivity contribution in [2.24, 2.45) is 0 Å². The van der Waals surface area contributed by atoms with Gasteiger partial charge in [0.05, 0.1) is 10.4 Å². The average molecular weight is 362 g/mol. The van der Waals surface area contributed by atoms with Gasteiger partial charge in [-0.25, -0.2) is 4.98 Å². The van der Waals surface area contributed by atoms with Crippen molar-refractivity contribution >= 4 is 22.4 Å². The van der Waals surface area contributed by atoms with Crippen LogP contribution < -0.4 is 4.90 Å². The van der Waals surface area contributed by atoms with Crippen molar-refractivity contribution < 1.29 is 4.92 Å². The van der Waals surface area contributed by atoms with E-state index in [2.05, 4.69) is 40.1 Å². The topological polar surface area (TPSA) is 62.5 Å². The molecule has 1 aromatic heterocycles. The van der Waals surface area contributed by atoms with Crippen molar-refractivity contribution in [1.82, 2.24) is 9.88 Å². The molecular weight excluding hydrogens is 340 g/mol. The summed E-state index contributed by atoms with van der Waals surface area (Å²) in [6, 6.07) is 19.3. The minimum atomic E-state index is -0.373. The third-order valence-electron chi connectivity index (χ3n) is 5.12. The standard InChI is InChI=1S/C21H22N4O2/c26-25(27)19-7-8-20-18(16-19)6-9-21(22-20)24-14-12-23(13-15-24)11-10-17-4-2-1-3-5-17/h1-9,16H,10-15H2. The Balaban J connectivity index is 1.37. The molecule has 0 spiro atoms. The zero-order chi connectivity index (χ0) is 18.6. The normalized spacial score (nSPS) is 15.2. The van der Waals surface area contributed by atoms with E-state index < -0.39 is 0 Å². The fourth-order valence-corrected chi connectivity index (χ4v) is 3.52. The molecule has 0 N–H and O–H groups in total. The fourth-order valence-electron chi connectivity index (χ4n) is 3.52. The number of rotatable bonds is 5. The van der Waals surface area contributed by atoms with E-state index in [1.54, 1.807) is 12.1 Å². The highest BCUT2D eigenvalue weighted by molar-refractivity contribution is 5.82. The van der Waals surface area contributed by atoms with Crippen molar-refractivity contribution in [1.29, 1.82) is 0 Å². The highest BCUT2D eigenvalue weighted by atomic mass is 16.6. The van der Waals surface area contributed by atoms with Gasteiger partial charge in [-0.3, -0.25) is 15.0 Å². The Hall–Kier alpha value is -2.99. The molecule has 27 heavy (non-hydrogen) atoms. The minimum Gasteiger partial charge on any atom is -0.354 e. The molecular formula is C21H22N4O2. The summed E-state index contributed by atoms with van der Waals surface area (Å²) in [6.07, 6.45) is 1.08. The Morgan fingerprint density at radius 1 is 0.963 bits per heavy atom. The van der Waals surface area contributed by atoms with Crippen LogP contribution in [0.15, 0.2) is 60.7 Å². The second kappa shape index (κ2) is 7.72. The number of piperazine rings is 1. The first-order valence-electron chi connectivity index (χ1n) is 9.25. The predicted octanol–water partition coefficient (Wildman–Crippen LogP) is 3.51. The van der Waals surface area contributed by atoms with E-state index in [-0.39, 0.29) is 10.6 Å². The molecule has 0 amide bonds. The number of hydrogen-bond donors (Lipinski definition) is 0. The summed E-state index contributed by atoms with van der Waals surface area (Å²) in [5.41, 5.74) is 2.28. The average Bonchev–Trinajstić information content (AvgIpc) is 2.72. The number of non-ortho nitro benzene ring substituents is 1. The monoisotopic (exact) mass is 362 g/mol. The van der Waals surface area contributed by atoms with Crippen molar-refractivity contribution in [3.05, 3.63) is 76.3 Å². The van der Waals surface area contributed by atoms with Gasteiger partial charge in [0.1, 0.15) is 5.82 Å². The van der Waals surface area contributed by atoms with Crippen LogP contribution in [0.3, 0.4) is 0 Å². The van der Waals surface area contributed by atoms with Gasteiger partial charge in [-0.2, -0.15) is 0 Å². The number of aromatic nitrogens is 1. The number of hydrogen-bond acceptors (Lipinski definition) is 5. The van der Waals surface area contributed by atoms with Crippen LogP contribution in [0.5, 0.6) is 0 Å². The first-order chi connectivity index (χ1) is 13.2. The molecule has 1 fully saturated rings. The smallest absolute Gasteiger partial charge is 0.270 e. The van der Waals surface area contributed by atoms with Crippen LogP contribution in [0.25, 0.3) is 10.9 Å². The van der Waals surface area contributed by atoms with Crippen molar-refractivity contribution in [3.63, 3.8) is 0 Å². The number of nitro benzene ring substituents is 1. The number of nitrogens with zero attached hydrogens (tertiary/aromatic N) is 4. The molecule has 0 bridgehead atoms. The molecule has 6 heteroatoms. The van der Waals surface area contributed by atoms with Gasteiger partial charge in [-0.15, -0.1) is 0 Å². The summed E-state index contributed by atoms with van der Waals surface area (Å²) in [5.74, 6) is 0.944. The number of benzene rings is 2. The van der Waals surface area contributed by atoms with E-state index in [9.17, 15) is 10.1 Å². The Labute approximate surface area is 158 Å². The van der Waals surface area contributed by atoms with Crippen LogP contribution in [-0.4, -0.2) is 47.5 Å². The summed E-state index contributed by atoms with van der Waals surface area (Å²) in [6.45, 7) is 5.01. The lowest BCUT2D eigenvalue weighted by molar-refractivity contribution is -0.384. The molecule has 6 nitrogen and oxygen atoms in total. The van der Waals surface area contributed by atoms with Gasteiger partial charge < -0.3 is 4.90 Å². The highest BCUT2D eigenvalue weighted by Crippen LogP contribution is 2.23. The van der Waals surface area contributed by atoms with Crippen LogP contribution in [0.1, 0.15) is 5.56 Å². The zero-order valence-electron chi connectivity index (χ0n) is 15.1. The Morgan fingerprint density at radius 2 is 1.74 bits per heavy atom. The number of nitro groups is 1. The van der Waals surface area contributed by atoms with E-state index >= 15 is 0 Å². The molecule has 0 radical (unpaired) electrons. The lowest BCUT2D eigenvalue weighted by Gasteiger charge is -2.35. The van der Waals surface area contributed by atoms with Gasteiger partial charge in [0.15, 0.2) is 0 Å². The first kappa shape index (κ1) is 17.4. The van der Waals surface area contributed by atoms with E-state index in [1.165, 1.54) is 11.6 Å². The summed E-state index contributed by atoms with van der Waals surface area (Å²) in [7, 11) is 0. The summed E-state index contributed by atoms with van der Waals surface area (Å²) in [5, 5.41) is 11.7. The molecule has 1 aliphatic rings. The maximum absolute atomic E-state index is 10.9. The lowest BCUT2D eigenvalue weighted by atomic mass is 10.1. The SMILES string of the molecule is O=[N+]([O-])c1ccc2nc(N3CCN(CCc4ccccc4)CC3)ccc2c1. The van der Waals surface area contributed by atoms with E-state index in [1.807, 2.05) is 12.1 Å². The zero-order valence-corrected chi connectivity index (χ0v) is 15.1. The molecule has 138 valence electrons. The quantitative estimate of drug-likeness (QED) is 0.513. The van der Waals surface area contributed by atoms with E-state index in [4.69, 9.17) is 4.98 Å². The largest absolute Gasteiger partial charge is 0.354 e. The number of pyridine rings is 1. The van der Waals surface area contributed by atoms with Crippen molar-refractivity contribution in [3.8, 4) is 0 Å². The van der Waals surface area contributed by atoms with Gasteiger partial charge in [-0.1, -0.05) is 30.3 Å². The van der Waals surface area contributed by atoms with Crippen LogP contribution in [-0.2, 0) is 6.42 Å². The summed E-state index contributed by atoms with van der Waals surface area (Å²) in [4.78, 5) is 20.0. The number of fused-ring (bicyclic) bond motifs is 1. The Morgan fingerprint density at radius 3 is 2.48 bits per heavy atom. The molecule has 3 aromatic rings. The fraction of sp³-hybridized carbons (Fsp3) is 0.286. The third-order valence-corrected chi connectivity index (χ3v) is 5.12. The summed E-state index contributed by atoms with van der Waals surface area (Å²) < 4.78 is 0. The van der Waals surface area contributed by atoms with E-state index in [0.29, 0.717) is 0 Å². The van der Waals surface area contributed by atoms with Gasteiger partial charge in [0.25, 0.3) is 5.69 Å². The molecule has 0 unspecified atom stereocenters. The molecule has 2 aromatic carbocycles. The molecule has 0 atom stereocenters. The maximum atomic E-state index is 10.9. The van der Waals surface area contributed by atoms with E-state index in [0.717, 1.165) is 55.9 Å². The Kier molecular flexibility index (Phi) is 4.98. The van der Waals surface area contributed by atoms with Gasteiger partial charge in [0, 0.05) is 50.2 Å². The Bertz CT molecular complexity index is 937. The van der Waals surface area contributed by atoms with Crippen molar-refractivity contribution in [2.45, 2.75) is 6.42 Å². The second-order valence-corrected chi connectivity index (χ2v) is 6.87. The van der Waals surface area contributed by atoms with Gasteiger partial charge >= 0.3 is 0 Å². The van der Waals surface area contributed by atoms with Crippen LogP contribution in [0.4, 0.5) is 11.5 Å². The molecule has 0 saturated carbocycles. The van der Waals surface area contributed by atoms with Gasteiger partial charge in [0.2, 0.25) is 0 Å². The molecule has 1 aliphatic heterocycles.